The first-order chi connectivity index (χ1) is 12.5. The number of hydrogen-bond acceptors (Lipinski definition) is 3. The Morgan fingerprint density at radius 1 is 1.23 bits per heavy atom. The van der Waals surface area contributed by atoms with Gasteiger partial charge in [-0.1, -0.05) is 18.5 Å². The normalized spacial score (nSPS) is 17.1. The summed E-state index contributed by atoms with van der Waals surface area (Å²) in [5.74, 6) is 0.708. The number of aliphatic imine (C=N–C) groups is 1. The van der Waals surface area contributed by atoms with Crippen molar-refractivity contribution in [3.8, 4) is 0 Å². The molecular weight excluding hydrogens is 354 g/mol. The number of rotatable bonds is 6. The first kappa shape index (κ1) is 20.0. The Hall–Kier alpha value is -2.28. The molecule has 1 saturated heterocycles. The van der Waals surface area contributed by atoms with Gasteiger partial charge < -0.3 is 20.9 Å². The van der Waals surface area contributed by atoms with E-state index in [9.17, 15) is 9.59 Å². The summed E-state index contributed by atoms with van der Waals surface area (Å²) in [6.07, 6.45) is 1.44. The number of nitrogens with zero attached hydrogens (tertiary/aromatic N) is 2. The zero-order valence-electron chi connectivity index (χ0n) is 15.2. The van der Waals surface area contributed by atoms with Crippen molar-refractivity contribution in [3.63, 3.8) is 0 Å². The van der Waals surface area contributed by atoms with Crippen molar-refractivity contribution in [3.05, 3.63) is 34.9 Å². The minimum Gasteiger partial charge on any atom is -0.355 e. The maximum absolute atomic E-state index is 12.0. The van der Waals surface area contributed by atoms with Crippen molar-refractivity contribution in [2.24, 2.45) is 4.99 Å². The third-order valence-electron chi connectivity index (χ3n) is 4.22. The molecule has 2 rings (SSSR count). The molecule has 3 N–H and O–H groups in total. The molecule has 0 radical (unpaired) electrons. The van der Waals surface area contributed by atoms with Gasteiger partial charge in [0.25, 0.3) is 5.91 Å². The fourth-order valence-corrected chi connectivity index (χ4v) is 2.90. The van der Waals surface area contributed by atoms with Crippen LogP contribution in [-0.4, -0.2) is 61.9 Å². The summed E-state index contributed by atoms with van der Waals surface area (Å²) in [6.45, 7) is 4.36. The van der Waals surface area contributed by atoms with E-state index in [1.54, 1.807) is 31.3 Å². The highest BCUT2D eigenvalue weighted by Gasteiger charge is 2.25. The number of hydrogen-bond donors (Lipinski definition) is 3. The molecule has 1 aromatic carbocycles. The quantitative estimate of drug-likeness (QED) is 0.394. The van der Waals surface area contributed by atoms with Gasteiger partial charge in [0.2, 0.25) is 5.91 Å². The number of guanidine groups is 1. The number of carbonyl (C=O) groups excluding carboxylic acids is 2. The number of amides is 2. The average Bonchev–Trinajstić information content (AvgIpc) is 3.12. The Balaban J connectivity index is 1.68. The molecule has 0 bridgehead atoms. The lowest BCUT2D eigenvalue weighted by atomic mass is 10.2. The van der Waals surface area contributed by atoms with Gasteiger partial charge in [0.1, 0.15) is 0 Å². The predicted molar refractivity (Wildman–Crippen MR) is 104 cm³/mol. The molecule has 0 aromatic heterocycles. The van der Waals surface area contributed by atoms with Gasteiger partial charge in [-0.2, -0.15) is 0 Å². The second-order valence-corrected chi connectivity index (χ2v) is 6.52. The number of halogens is 1. The van der Waals surface area contributed by atoms with Gasteiger partial charge in [0.15, 0.2) is 5.96 Å². The summed E-state index contributed by atoms with van der Waals surface area (Å²) in [4.78, 5) is 29.8. The van der Waals surface area contributed by atoms with Crippen LogP contribution in [0.15, 0.2) is 29.3 Å². The monoisotopic (exact) mass is 379 g/mol. The molecule has 8 heteroatoms. The highest BCUT2D eigenvalue weighted by atomic mass is 35.5. The minimum absolute atomic E-state index is 0.143. The van der Waals surface area contributed by atoms with Gasteiger partial charge in [-0.05, 0) is 30.7 Å². The van der Waals surface area contributed by atoms with Crippen LogP contribution in [0.1, 0.15) is 30.1 Å². The zero-order valence-corrected chi connectivity index (χ0v) is 16.0. The molecule has 1 fully saturated rings. The van der Waals surface area contributed by atoms with Crippen LogP contribution in [0.4, 0.5) is 0 Å². The fraction of sp³-hybridized carbons (Fsp3) is 0.500. The third-order valence-corrected chi connectivity index (χ3v) is 4.47. The highest BCUT2D eigenvalue weighted by molar-refractivity contribution is 6.30. The molecule has 142 valence electrons. The molecule has 1 aliphatic rings. The molecule has 1 unspecified atom stereocenters. The van der Waals surface area contributed by atoms with E-state index in [1.807, 2.05) is 11.8 Å². The Morgan fingerprint density at radius 3 is 2.58 bits per heavy atom. The first-order valence-electron chi connectivity index (χ1n) is 8.82. The van der Waals surface area contributed by atoms with E-state index in [4.69, 9.17) is 11.6 Å². The van der Waals surface area contributed by atoms with E-state index in [0.717, 1.165) is 13.0 Å². The van der Waals surface area contributed by atoms with Crippen molar-refractivity contribution >= 4 is 29.4 Å². The van der Waals surface area contributed by atoms with Crippen molar-refractivity contribution in [1.82, 2.24) is 20.9 Å². The van der Waals surface area contributed by atoms with Crippen LogP contribution in [0.5, 0.6) is 0 Å². The van der Waals surface area contributed by atoms with Crippen molar-refractivity contribution in [2.45, 2.75) is 25.8 Å². The number of benzene rings is 1. The highest BCUT2D eigenvalue weighted by Crippen LogP contribution is 2.10. The molecule has 26 heavy (non-hydrogen) atoms. The number of nitrogens with one attached hydrogen (secondary N) is 3. The molecular formula is C18H26ClN5O2. The average molecular weight is 380 g/mol. The Morgan fingerprint density at radius 2 is 1.92 bits per heavy atom. The van der Waals surface area contributed by atoms with E-state index in [2.05, 4.69) is 20.9 Å². The standard InChI is InChI=1S/C18H26ClN5O2/c1-3-16(25)24-11-8-15(12-24)23-18(20-2)22-10-9-21-17(26)13-4-6-14(19)7-5-13/h4-7,15H,3,8-12H2,1-2H3,(H,21,26)(H2,20,22,23). The van der Waals surface area contributed by atoms with Gasteiger partial charge in [-0.15, -0.1) is 0 Å². The van der Waals surface area contributed by atoms with Crippen LogP contribution >= 0.6 is 11.6 Å². The van der Waals surface area contributed by atoms with Crippen molar-refractivity contribution in [1.29, 1.82) is 0 Å². The summed E-state index contributed by atoms with van der Waals surface area (Å²) < 4.78 is 0. The van der Waals surface area contributed by atoms with Gasteiger partial charge in [0.05, 0.1) is 0 Å². The molecule has 7 nitrogen and oxygen atoms in total. The predicted octanol–water partition coefficient (Wildman–Crippen LogP) is 1.25. The van der Waals surface area contributed by atoms with Crippen molar-refractivity contribution < 1.29 is 9.59 Å². The van der Waals surface area contributed by atoms with E-state index < -0.39 is 0 Å². The molecule has 1 atom stereocenters. The Kier molecular flexibility index (Phi) is 7.72. The summed E-state index contributed by atoms with van der Waals surface area (Å²) in [5.41, 5.74) is 0.573. The lowest BCUT2D eigenvalue weighted by molar-refractivity contribution is -0.129. The smallest absolute Gasteiger partial charge is 0.251 e. The van der Waals surface area contributed by atoms with Crippen LogP contribution in [0.25, 0.3) is 0 Å². The molecule has 2 amide bonds. The fourth-order valence-electron chi connectivity index (χ4n) is 2.78. The lowest BCUT2D eigenvalue weighted by Gasteiger charge is -2.18. The van der Waals surface area contributed by atoms with Gasteiger partial charge >= 0.3 is 0 Å². The Bertz CT molecular complexity index is 647. The summed E-state index contributed by atoms with van der Waals surface area (Å²) in [7, 11) is 1.70. The topological polar surface area (TPSA) is 85.8 Å². The van der Waals surface area contributed by atoms with Crippen LogP contribution < -0.4 is 16.0 Å². The van der Waals surface area contributed by atoms with Crippen LogP contribution in [0, 0.1) is 0 Å². The van der Waals surface area contributed by atoms with E-state index >= 15 is 0 Å². The Labute approximate surface area is 159 Å². The lowest BCUT2D eigenvalue weighted by Crippen LogP contribution is -2.46. The molecule has 0 saturated carbocycles. The van der Waals surface area contributed by atoms with E-state index in [0.29, 0.717) is 42.6 Å². The number of carbonyl (C=O) groups is 2. The van der Waals surface area contributed by atoms with Gasteiger partial charge in [0, 0.05) is 56.3 Å². The van der Waals surface area contributed by atoms with Crippen molar-refractivity contribution in [2.75, 3.05) is 33.2 Å². The summed E-state index contributed by atoms with van der Waals surface area (Å²) in [5, 5.41) is 9.93. The first-order valence-corrected chi connectivity index (χ1v) is 9.20. The summed E-state index contributed by atoms with van der Waals surface area (Å²) >= 11 is 5.81. The third kappa shape index (κ3) is 5.91. The molecule has 0 aliphatic carbocycles. The van der Waals surface area contributed by atoms with Crippen LogP contribution in [-0.2, 0) is 4.79 Å². The zero-order chi connectivity index (χ0) is 18.9. The van der Waals surface area contributed by atoms with E-state index in [-0.39, 0.29) is 17.9 Å². The van der Waals surface area contributed by atoms with Crippen LogP contribution in [0.2, 0.25) is 5.02 Å². The maximum atomic E-state index is 12.0. The maximum Gasteiger partial charge on any atom is 0.251 e. The second kappa shape index (κ2) is 10.0. The second-order valence-electron chi connectivity index (χ2n) is 6.09. The molecule has 0 spiro atoms. The van der Waals surface area contributed by atoms with Gasteiger partial charge in [-0.25, -0.2) is 0 Å². The molecule has 1 aliphatic heterocycles. The number of likely N-dealkylation sites (tertiary alicyclic amines) is 1. The largest absolute Gasteiger partial charge is 0.355 e. The molecule has 1 aromatic rings. The van der Waals surface area contributed by atoms with Gasteiger partial charge in [-0.3, -0.25) is 14.6 Å². The van der Waals surface area contributed by atoms with Crippen LogP contribution in [0.3, 0.4) is 0 Å². The minimum atomic E-state index is -0.143. The summed E-state index contributed by atoms with van der Waals surface area (Å²) in [6, 6.07) is 6.95. The van der Waals surface area contributed by atoms with E-state index in [1.165, 1.54) is 0 Å². The molecule has 1 heterocycles. The SMILES string of the molecule is CCC(=O)N1CCC(NC(=NC)NCCNC(=O)c2ccc(Cl)cc2)C1.